The van der Waals surface area contributed by atoms with Crippen LogP contribution in [0, 0.1) is 6.92 Å². The van der Waals surface area contributed by atoms with Gasteiger partial charge in [0.2, 0.25) is 0 Å². The number of hydrogen-bond donors (Lipinski definition) is 0. The van der Waals surface area contributed by atoms with Crippen molar-refractivity contribution >= 4 is 17.7 Å². The van der Waals surface area contributed by atoms with Crippen LogP contribution in [0.25, 0.3) is 0 Å². The average molecular weight is 293 g/mol. The molecule has 0 amide bonds. The van der Waals surface area contributed by atoms with E-state index < -0.39 is 0 Å². The van der Waals surface area contributed by atoms with Gasteiger partial charge in [-0.15, -0.1) is 18.3 Å². The Morgan fingerprint density at radius 1 is 1.40 bits per heavy atom. The van der Waals surface area contributed by atoms with Crippen LogP contribution in [-0.4, -0.2) is 42.9 Å². The van der Waals surface area contributed by atoms with Gasteiger partial charge in [-0.25, -0.2) is 0 Å². The summed E-state index contributed by atoms with van der Waals surface area (Å²) in [6.45, 7) is 9.93. The lowest BCUT2D eigenvalue weighted by atomic mass is 10.2. The van der Waals surface area contributed by atoms with Crippen LogP contribution in [0.1, 0.15) is 12.5 Å². The first-order valence-corrected chi connectivity index (χ1v) is 7.82. The van der Waals surface area contributed by atoms with Crippen molar-refractivity contribution < 1.29 is 9.53 Å². The number of benzene rings is 1. The third kappa shape index (κ3) is 6.78. The molecule has 0 unspecified atom stereocenters. The van der Waals surface area contributed by atoms with E-state index in [0.717, 1.165) is 12.3 Å². The number of esters is 1. The summed E-state index contributed by atoms with van der Waals surface area (Å²) in [4.78, 5) is 14.8. The highest BCUT2D eigenvalue weighted by Gasteiger charge is 2.10. The minimum Gasteiger partial charge on any atom is -0.465 e. The molecule has 0 bridgehead atoms. The average Bonchev–Trinajstić information content (AvgIpc) is 2.41. The van der Waals surface area contributed by atoms with Crippen LogP contribution in [-0.2, 0) is 9.53 Å². The van der Waals surface area contributed by atoms with Gasteiger partial charge in [-0.05, 0) is 26.0 Å². The first-order valence-electron chi connectivity index (χ1n) is 6.84. The molecule has 1 aromatic rings. The number of aryl methyl sites for hydroxylation is 1. The highest BCUT2D eigenvalue weighted by atomic mass is 32.2. The maximum atomic E-state index is 11.5. The van der Waals surface area contributed by atoms with Crippen molar-refractivity contribution in [3.8, 4) is 0 Å². The molecule has 0 N–H and O–H groups in total. The van der Waals surface area contributed by atoms with Gasteiger partial charge in [-0.3, -0.25) is 9.69 Å². The molecule has 0 aliphatic rings. The van der Waals surface area contributed by atoms with E-state index in [1.165, 1.54) is 10.5 Å². The zero-order valence-electron chi connectivity index (χ0n) is 12.3. The molecule has 0 radical (unpaired) electrons. The van der Waals surface area contributed by atoms with Crippen LogP contribution in [0.2, 0.25) is 0 Å². The maximum absolute atomic E-state index is 11.5. The molecule has 0 fully saturated rings. The first-order chi connectivity index (χ1) is 9.65. The summed E-state index contributed by atoms with van der Waals surface area (Å²) < 4.78 is 4.97. The van der Waals surface area contributed by atoms with E-state index in [2.05, 4.69) is 37.8 Å². The largest absolute Gasteiger partial charge is 0.465 e. The van der Waals surface area contributed by atoms with Crippen LogP contribution in [0.3, 0.4) is 0 Å². The summed E-state index contributed by atoms with van der Waals surface area (Å²) in [6, 6.07) is 8.48. The van der Waals surface area contributed by atoms with E-state index in [0.29, 0.717) is 19.7 Å². The third-order valence-corrected chi connectivity index (χ3v) is 3.73. The van der Waals surface area contributed by atoms with Gasteiger partial charge >= 0.3 is 5.97 Å². The summed E-state index contributed by atoms with van der Waals surface area (Å²) in [6.07, 6.45) is 1.82. The highest BCUT2D eigenvalue weighted by Crippen LogP contribution is 2.18. The smallest absolute Gasteiger partial charge is 0.320 e. The molecule has 0 saturated carbocycles. The SMILES string of the molecule is C=CCN(CCSc1ccc(C)cc1)CC(=O)OCC. The topological polar surface area (TPSA) is 29.5 Å². The third-order valence-electron chi connectivity index (χ3n) is 2.74. The van der Waals surface area contributed by atoms with Crippen LogP contribution in [0.5, 0.6) is 0 Å². The lowest BCUT2D eigenvalue weighted by molar-refractivity contribution is -0.144. The van der Waals surface area contributed by atoms with Crippen LogP contribution < -0.4 is 0 Å². The van der Waals surface area contributed by atoms with Crippen molar-refractivity contribution in [3.05, 3.63) is 42.5 Å². The van der Waals surface area contributed by atoms with Gasteiger partial charge in [0.1, 0.15) is 0 Å². The fourth-order valence-electron chi connectivity index (χ4n) is 1.73. The highest BCUT2D eigenvalue weighted by molar-refractivity contribution is 7.99. The Balaban J connectivity index is 2.36. The summed E-state index contributed by atoms with van der Waals surface area (Å²) in [7, 11) is 0. The summed E-state index contributed by atoms with van der Waals surface area (Å²) in [5.41, 5.74) is 1.27. The Labute approximate surface area is 126 Å². The molecule has 110 valence electrons. The van der Waals surface area contributed by atoms with Gasteiger partial charge < -0.3 is 4.74 Å². The molecule has 0 aliphatic carbocycles. The summed E-state index contributed by atoms with van der Waals surface area (Å²) in [5.74, 6) is 0.769. The normalized spacial score (nSPS) is 10.6. The quantitative estimate of drug-likeness (QED) is 0.397. The molecule has 20 heavy (non-hydrogen) atoms. The molecule has 4 heteroatoms. The molecular weight excluding hydrogens is 270 g/mol. The molecule has 0 heterocycles. The van der Waals surface area contributed by atoms with E-state index >= 15 is 0 Å². The number of nitrogens with zero attached hydrogens (tertiary/aromatic N) is 1. The van der Waals surface area contributed by atoms with Gasteiger partial charge in [0.15, 0.2) is 0 Å². The van der Waals surface area contributed by atoms with E-state index in [9.17, 15) is 4.79 Å². The molecule has 0 saturated heterocycles. The molecule has 0 spiro atoms. The minimum atomic E-state index is -0.172. The zero-order chi connectivity index (χ0) is 14.8. The molecule has 1 aromatic carbocycles. The standard InChI is InChI=1S/C16H23NO2S/c1-4-10-17(13-16(18)19-5-2)11-12-20-15-8-6-14(3)7-9-15/h4,6-9H,1,5,10-13H2,2-3H3. The number of thioether (sulfide) groups is 1. The monoisotopic (exact) mass is 293 g/mol. The van der Waals surface area contributed by atoms with Crippen molar-refractivity contribution in [3.63, 3.8) is 0 Å². The number of hydrogen-bond acceptors (Lipinski definition) is 4. The minimum absolute atomic E-state index is 0.172. The Bertz CT molecular complexity index is 417. The van der Waals surface area contributed by atoms with Gasteiger partial charge in [0.25, 0.3) is 0 Å². The van der Waals surface area contributed by atoms with Gasteiger partial charge in [-0.2, -0.15) is 0 Å². The predicted octanol–water partition coefficient (Wildman–Crippen LogP) is 3.14. The second kappa shape index (κ2) is 9.61. The Hall–Kier alpha value is -1.26. The van der Waals surface area contributed by atoms with Gasteiger partial charge in [0, 0.05) is 23.7 Å². The van der Waals surface area contributed by atoms with E-state index in [1.807, 2.05) is 17.9 Å². The number of rotatable bonds is 9. The lowest BCUT2D eigenvalue weighted by Crippen LogP contribution is -2.33. The Morgan fingerprint density at radius 3 is 2.70 bits per heavy atom. The number of carbonyl (C=O) groups is 1. The Kier molecular flexibility index (Phi) is 8.07. The van der Waals surface area contributed by atoms with E-state index in [-0.39, 0.29) is 5.97 Å². The van der Waals surface area contributed by atoms with Crippen LogP contribution >= 0.6 is 11.8 Å². The van der Waals surface area contributed by atoms with Crippen LogP contribution in [0.15, 0.2) is 41.8 Å². The first kappa shape index (κ1) is 16.8. The van der Waals surface area contributed by atoms with Crippen molar-refractivity contribution in [2.24, 2.45) is 0 Å². The molecular formula is C16H23NO2S. The van der Waals surface area contributed by atoms with E-state index in [4.69, 9.17) is 4.74 Å². The van der Waals surface area contributed by atoms with Crippen molar-refractivity contribution in [1.29, 1.82) is 0 Å². The fourth-order valence-corrected chi connectivity index (χ4v) is 2.65. The van der Waals surface area contributed by atoms with E-state index in [1.54, 1.807) is 11.8 Å². The summed E-state index contributed by atoms with van der Waals surface area (Å²) in [5, 5.41) is 0. The fraction of sp³-hybridized carbons (Fsp3) is 0.438. The van der Waals surface area contributed by atoms with Gasteiger partial charge in [-0.1, -0.05) is 23.8 Å². The predicted molar refractivity (Wildman–Crippen MR) is 85.2 cm³/mol. The molecule has 0 aliphatic heterocycles. The van der Waals surface area contributed by atoms with Gasteiger partial charge in [0.05, 0.1) is 13.2 Å². The zero-order valence-corrected chi connectivity index (χ0v) is 13.1. The molecule has 0 atom stereocenters. The molecule has 3 nitrogen and oxygen atoms in total. The Morgan fingerprint density at radius 2 is 2.10 bits per heavy atom. The lowest BCUT2D eigenvalue weighted by Gasteiger charge is -2.19. The van der Waals surface area contributed by atoms with Crippen molar-refractivity contribution in [2.45, 2.75) is 18.7 Å². The number of ether oxygens (including phenoxy) is 1. The summed E-state index contributed by atoms with van der Waals surface area (Å²) >= 11 is 1.80. The molecule has 1 rings (SSSR count). The van der Waals surface area contributed by atoms with Crippen LogP contribution in [0.4, 0.5) is 0 Å². The second-order valence-corrected chi connectivity index (χ2v) is 5.66. The molecule has 0 aromatic heterocycles. The maximum Gasteiger partial charge on any atom is 0.320 e. The number of carbonyl (C=O) groups excluding carboxylic acids is 1. The second-order valence-electron chi connectivity index (χ2n) is 4.49. The van der Waals surface area contributed by atoms with Crippen molar-refractivity contribution in [2.75, 3.05) is 32.0 Å². The van der Waals surface area contributed by atoms with Crippen molar-refractivity contribution in [1.82, 2.24) is 4.90 Å².